The number of hydrogen-bond donors (Lipinski definition) is 1. The third kappa shape index (κ3) is 3.10. The van der Waals surface area contributed by atoms with E-state index < -0.39 is 0 Å². The number of ether oxygens (including phenoxy) is 1. The molecule has 4 nitrogen and oxygen atoms in total. The van der Waals surface area contributed by atoms with Crippen LogP contribution in [-0.4, -0.2) is 16.5 Å². The van der Waals surface area contributed by atoms with Gasteiger partial charge < -0.3 is 10.1 Å². The summed E-state index contributed by atoms with van der Waals surface area (Å²) in [5.41, 5.74) is 3.49. The van der Waals surface area contributed by atoms with Crippen LogP contribution >= 0.6 is 15.9 Å². The second kappa shape index (κ2) is 6.22. The van der Waals surface area contributed by atoms with Crippen LogP contribution in [0.4, 0.5) is 5.82 Å². The number of aromatic nitrogens is 2. The highest BCUT2D eigenvalue weighted by Gasteiger charge is 2.12. The van der Waals surface area contributed by atoms with Crippen molar-refractivity contribution in [2.75, 3.05) is 11.9 Å². The minimum atomic E-state index is 0.518. The molecule has 0 saturated heterocycles. The van der Waals surface area contributed by atoms with Gasteiger partial charge in [0.15, 0.2) is 0 Å². The number of benzene rings is 1. The number of aryl methyl sites for hydroxylation is 2. The molecule has 0 bridgehead atoms. The van der Waals surface area contributed by atoms with Crippen molar-refractivity contribution in [3.63, 3.8) is 0 Å². The summed E-state index contributed by atoms with van der Waals surface area (Å²) >= 11 is 3.49. The topological polar surface area (TPSA) is 47.0 Å². The summed E-state index contributed by atoms with van der Waals surface area (Å²) in [4.78, 5) is 8.38. The minimum absolute atomic E-state index is 0.518. The van der Waals surface area contributed by atoms with E-state index >= 15 is 0 Å². The summed E-state index contributed by atoms with van der Waals surface area (Å²) < 4.78 is 6.69. The predicted octanol–water partition coefficient (Wildman–Crippen LogP) is 4.39. The van der Waals surface area contributed by atoms with Crippen LogP contribution in [0.5, 0.6) is 11.6 Å². The van der Waals surface area contributed by atoms with E-state index in [9.17, 15) is 0 Å². The quantitative estimate of drug-likeness (QED) is 0.900. The Morgan fingerprint density at radius 3 is 2.65 bits per heavy atom. The van der Waals surface area contributed by atoms with Crippen molar-refractivity contribution in [1.29, 1.82) is 0 Å². The summed E-state index contributed by atoms with van der Waals surface area (Å²) in [6.07, 6.45) is 1.50. The summed E-state index contributed by atoms with van der Waals surface area (Å²) in [5.74, 6) is 2.08. The number of nitrogens with one attached hydrogen (secondary N) is 1. The fourth-order valence-electron chi connectivity index (χ4n) is 1.93. The molecule has 1 heterocycles. The number of anilines is 1. The molecule has 0 atom stereocenters. The fourth-order valence-corrected chi connectivity index (χ4v) is 2.35. The molecule has 5 heteroatoms. The molecule has 0 radical (unpaired) electrons. The third-order valence-corrected chi connectivity index (χ3v) is 3.79. The van der Waals surface area contributed by atoms with Crippen molar-refractivity contribution in [2.24, 2.45) is 0 Å². The molecule has 0 saturated carbocycles. The number of rotatable bonds is 4. The molecule has 2 rings (SSSR count). The lowest BCUT2D eigenvalue weighted by Gasteiger charge is -2.13. The van der Waals surface area contributed by atoms with E-state index in [0.717, 1.165) is 28.1 Å². The largest absolute Gasteiger partial charge is 0.437 e. The van der Waals surface area contributed by atoms with Gasteiger partial charge in [-0.2, -0.15) is 0 Å². The van der Waals surface area contributed by atoms with E-state index in [1.165, 1.54) is 17.5 Å². The van der Waals surface area contributed by atoms with E-state index in [2.05, 4.69) is 51.1 Å². The lowest BCUT2D eigenvalue weighted by molar-refractivity contribution is 0.454. The van der Waals surface area contributed by atoms with Gasteiger partial charge in [0.25, 0.3) is 0 Å². The molecule has 1 N–H and O–H groups in total. The fraction of sp³-hybridized carbons (Fsp3) is 0.333. The maximum absolute atomic E-state index is 5.95. The summed E-state index contributed by atoms with van der Waals surface area (Å²) in [6.45, 7) is 8.98. The van der Waals surface area contributed by atoms with Crippen LogP contribution in [0, 0.1) is 20.8 Å². The van der Waals surface area contributed by atoms with E-state index in [4.69, 9.17) is 4.74 Å². The molecule has 0 aliphatic heterocycles. The Bertz CT molecular complexity index is 629. The summed E-state index contributed by atoms with van der Waals surface area (Å²) in [6, 6.07) is 4.16. The monoisotopic (exact) mass is 335 g/mol. The molecule has 0 unspecified atom stereocenters. The Morgan fingerprint density at radius 2 is 1.95 bits per heavy atom. The highest BCUT2D eigenvalue weighted by atomic mass is 79.9. The maximum Gasteiger partial charge on any atom is 0.238 e. The van der Waals surface area contributed by atoms with Crippen molar-refractivity contribution in [1.82, 2.24) is 9.97 Å². The van der Waals surface area contributed by atoms with Crippen molar-refractivity contribution in [3.8, 4) is 11.6 Å². The molecule has 0 spiro atoms. The van der Waals surface area contributed by atoms with E-state index in [-0.39, 0.29) is 0 Å². The minimum Gasteiger partial charge on any atom is -0.437 e. The Kier molecular flexibility index (Phi) is 4.60. The van der Waals surface area contributed by atoms with Gasteiger partial charge in [0, 0.05) is 6.54 Å². The zero-order valence-corrected chi connectivity index (χ0v) is 13.7. The highest BCUT2D eigenvalue weighted by molar-refractivity contribution is 9.10. The normalized spacial score (nSPS) is 10.4. The number of halogens is 1. The van der Waals surface area contributed by atoms with Crippen LogP contribution in [0.15, 0.2) is 22.9 Å². The molecule has 1 aromatic carbocycles. The third-order valence-electron chi connectivity index (χ3n) is 3.07. The van der Waals surface area contributed by atoms with E-state index in [0.29, 0.717) is 5.88 Å². The van der Waals surface area contributed by atoms with Gasteiger partial charge in [0.05, 0.1) is 0 Å². The molecule has 1 aromatic heterocycles. The van der Waals surface area contributed by atoms with Crippen LogP contribution in [0.2, 0.25) is 0 Å². The first-order valence-corrected chi connectivity index (χ1v) is 7.32. The van der Waals surface area contributed by atoms with Gasteiger partial charge in [-0.25, -0.2) is 9.97 Å². The number of nitrogens with zero attached hydrogens (tertiary/aromatic N) is 2. The Hall–Kier alpha value is -1.62. The summed E-state index contributed by atoms with van der Waals surface area (Å²) in [5, 5.41) is 3.16. The molecule has 106 valence electrons. The standard InChI is InChI=1S/C15H18BrN3O/c1-5-17-14-13(16)15(19-8-18-14)20-12-7-9(2)6-10(3)11(12)4/h6-8H,5H2,1-4H3,(H,17,18,19). The first-order chi connectivity index (χ1) is 9.52. The molecular weight excluding hydrogens is 318 g/mol. The highest BCUT2D eigenvalue weighted by Crippen LogP contribution is 2.34. The summed E-state index contributed by atoms with van der Waals surface area (Å²) in [7, 11) is 0. The molecule has 0 aliphatic carbocycles. The van der Waals surface area contributed by atoms with Crippen molar-refractivity contribution in [2.45, 2.75) is 27.7 Å². The van der Waals surface area contributed by atoms with Crippen molar-refractivity contribution in [3.05, 3.63) is 39.6 Å². The Labute approximate surface area is 127 Å². The lowest BCUT2D eigenvalue weighted by Crippen LogP contribution is -2.02. The lowest BCUT2D eigenvalue weighted by atomic mass is 10.1. The second-order valence-electron chi connectivity index (χ2n) is 4.68. The predicted molar refractivity (Wildman–Crippen MR) is 84.6 cm³/mol. The SMILES string of the molecule is CCNc1ncnc(Oc2cc(C)cc(C)c2C)c1Br. The average molecular weight is 336 g/mol. The number of hydrogen-bond acceptors (Lipinski definition) is 4. The molecular formula is C15H18BrN3O. The maximum atomic E-state index is 5.95. The van der Waals surface area contributed by atoms with Crippen molar-refractivity contribution >= 4 is 21.7 Å². The van der Waals surface area contributed by atoms with Gasteiger partial charge >= 0.3 is 0 Å². The zero-order chi connectivity index (χ0) is 14.7. The first-order valence-electron chi connectivity index (χ1n) is 6.53. The van der Waals surface area contributed by atoms with Crippen LogP contribution in [0.3, 0.4) is 0 Å². The Morgan fingerprint density at radius 1 is 1.20 bits per heavy atom. The molecule has 0 aliphatic rings. The second-order valence-corrected chi connectivity index (χ2v) is 5.47. The zero-order valence-electron chi connectivity index (χ0n) is 12.1. The molecule has 0 fully saturated rings. The van der Waals surface area contributed by atoms with Gasteiger partial charge in [0.2, 0.25) is 5.88 Å². The average Bonchev–Trinajstić information content (AvgIpc) is 2.40. The smallest absolute Gasteiger partial charge is 0.238 e. The van der Waals surface area contributed by atoms with Crippen LogP contribution in [-0.2, 0) is 0 Å². The van der Waals surface area contributed by atoms with E-state index in [1.807, 2.05) is 19.9 Å². The van der Waals surface area contributed by atoms with Gasteiger partial charge in [-0.05, 0) is 66.4 Å². The van der Waals surface area contributed by atoms with Gasteiger partial charge in [-0.1, -0.05) is 6.07 Å². The molecule has 2 aromatic rings. The Balaban J connectivity index is 2.38. The van der Waals surface area contributed by atoms with Crippen LogP contribution in [0.25, 0.3) is 0 Å². The van der Waals surface area contributed by atoms with Crippen molar-refractivity contribution < 1.29 is 4.74 Å². The van der Waals surface area contributed by atoms with Gasteiger partial charge in [0.1, 0.15) is 22.4 Å². The van der Waals surface area contributed by atoms with E-state index in [1.54, 1.807) is 0 Å². The molecule has 0 amide bonds. The van der Waals surface area contributed by atoms with Crippen LogP contribution < -0.4 is 10.1 Å². The van der Waals surface area contributed by atoms with Crippen LogP contribution in [0.1, 0.15) is 23.6 Å². The van der Waals surface area contributed by atoms with Gasteiger partial charge in [-0.3, -0.25) is 0 Å². The molecule has 20 heavy (non-hydrogen) atoms. The van der Waals surface area contributed by atoms with Gasteiger partial charge in [-0.15, -0.1) is 0 Å². The first kappa shape index (κ1) is 14.8.